The van der Waals surface area contributed by atoms with Crippen LogP contribution < -0.4 is 0 Å². The molecule has 2 rings (SSSR count). The molecule has 0 saturated carbocycles. The van der Waals surface area contributed by atoms with Crippen molar-refractivity contribution >= 4 is 17.0 Å². The Balaban J connectivity index is 0.00000578. The average Bonchev–Trinajstić information content (AvgIpc) is 2.83. The maximum atomic E-state index is 2.51. The van der Waals surface area contributed by atoms with Gasteiger partial charge in [0.05, 0.1) is 0 Å². The van der Waals surface area contributed by atoms with Crippen LogP contribution in [-0.2, 0) is 12.8 Å². The Morgan fingerprint density at radius 2 is 0.882 bits per heavy atom. The minimum Gasteiger partial charge on any atom is -0.303 e. The number of hydrogen-bond donors (Lipinski definition) is 0. The molecule has 0 aliphatic rings. The number of nitrogens with zero attached hydrogens (tertiary/aromatic N) is 1. The van der Waals surface area contributed by atoms with Crippen LogP contribution in [0.4, 0.5) is 0 Å². The van der Waals surface area contributed by atoms with Gasteiger partial charge < -0.3 is 4.90 Å². The lowest BCUT2D eigenvalue weighted by Crippen LogP contribution is -2.48. The van der Waals surface area contributed by atoms with Gasteiger partial charge >= 0.3 is 0 Å². The van der Waals surface area contributed by atoms with Crippen LogP contribution in [0.15, 0.2) is 60.7 Å². The van der Waals surface area contributed by atoms with Crippen molar-refractivity contribution < 1.29 is 0 Å². The Bertz CT molecular complexity index is 656. The zero-order valence-electron chi connectivity index (χ0n) is 22.4. The lowest BCUT2D eigenvalue weighted by molar-refractivity contribution is 0.133. The van der Waals surface area contributed by atoms with E-state index in [0.29, 0.717) is 0 Å². The second kappa shape index (κ2) is 19.1. The van der Waals surface area contributed by atoms with Gasteiger partial charge in [-0.2, -0.15) is 0 Å². The third kappa shape index (κ3) is 12.5. The molecule has 0 heterocycles. The fourth-order valence-corrected chi connectivity index (χ4v) is 5.20. The third-order valence-corrected chi connectivity index (χ3v) is 7.45. The standard InChI is InChI=1S/C32H51N.BrH/c1-4-5-6-7-8-9-10-11-12-13-14-15-22-27-32(33(2)3,28-30-23-18-16-19-24-30)29-31-25-20-17-21-26-31;/h16-21,23-26H,4-15,22,27-29H2,1-3H3;1H. The molecule has 1 nitrogen and oxygen atoms in total. The van der Waals surface area contributed by atoms with Gasteiger partial charge in [0.2, 0.25) is 0 Å². The van der Waals surface area contributed by atoms with Crippen molar-refractivity contribution in [1.29, 1.82) is 0 Å². The van der Waals surface area contributed by atoms with Crippen LogP contribution in [-0.4, -0.2) is 24.5 Å². The second-order valence-electron chi connectivity index (χ2n) is 10.4. The van der Waals surface area contributed by atoms with Gasteiger partial charge in [-0.05, 0) is 44.5 Å². The Kier molecular flexibility index (Phi) is 17.4. The Hall–Kier alpha value is -1.12. The number of likely N-dealkylation sites (N-methyl/N-ethyl adjacent to an activating group) is 1. The molecule has 0 saturated heterocycles. The normalized spacial score (nSPS) is 11.5. The summed E-state index contributed by atoms with van der Waals surface area (Å²) in [6, 6.07) is 22.2. The van der Waals surface area contributed by atoms with Crippen LogP contribution in [0.3, 0.4) is 0 Å². The van der Waals surface area contributed by atoms with E-state index < -0.39 is 0 Å². The first-order chi connectivity index (χ1) is 16.2. The first-order valence-electron chi connectivity index (χ1n) is 13.9. The fraction of sp³-hybridized carbons (Fsp3) is 0.625. The Morgan fingerprint density at radius 1 is 0.529 bits per heavy atom. The van der Waals surface area contributed by atoms with E-state index in [1.807, 2.05) is 0 Å². The highest BCUT2D eigenvalue weighted by Gasteiger charge is 2.32. The van der Waals surface area contributed by atoms with Crippen LogP contribution >= 0.6 is 17.0 Å². The monoisotopic (exact) mass is 529 g/mol. The molecule has 2 aromatic rings. The molecule has 0 unspecified atom stereocenters. The van der Waals surface area contributed by atoms with Crippen LogP contribution in [0, 0.1) is 0 Å². The molecule has 34 heavy (non-hydrogen) atoms. The zero-order chi connectivity index (χ0) is 23.6. The smallest absolute Gasteiger partial charge is 0.0284 e. The van der Waals surface area contributed by atoms with E-state index in [1.54, 1.807) is 0 Å². The number of rotatable bonds is 19. The summed E-state index contributed by atoms with van der Waals surface area (Å²) in [4.78, 5) is 2.51. The van der Waals surface area contributed by atoms with Crippen LogP contribution in [0.1, 0.15) is 108 Å². The highest BCUT2D eigenvalue weighted by Crippen LogP contribution is 2.30. The van der Waals surface area contributed by atoms with E-state index >= 15 is 0 Å². The zero-order valence-corrected chi connectivity index (χ0v) is 24.2. The summed E-state index contributed by atoms with van der Waals surface area (Å²) in [7, 11) is 4.57. The van der Waals surface area contributed by atoms with Crippen molar-refractivity contribution in [3.05, 3.63) is 71.8 Å². The predicted molar refractivity (Wildman–Crippen MR) is 157 cm³/mol. The van der Waals surface area contributed by atoms with Crippen molar-refractivity contribution in [3.63, 3.8) is 0 Å². The van der Waals surface area contributed by atoms with Crippen LogP contribution in [0.25, 0.3) is 0 Å². The second-order valence-corrected chi connectivity index (χ2v) is 10.4. The molecule has 192 valence electrons. The molecule has 0 aliphatic heterocycles. The maximum Gasteiger partial charge on any atom is 0.0284 e. The highest BCUT2D eigenvalue weighted by molar-refractivity contribution is 8.93. The third-order valence-electron chi connectivity index (χ3n) is 7.45. The van der Waals surface area contributed by atoms with Gasteiger partial charge in [0, 0.05) is 5.54 Å². The summed E-state index contributed by atoms with van der Waals surface area (Å²) in [6.07, 6.45) is 21.9. The largest absolute Gasteiger partial charge is 0.303 e. The van der Waals surface area contributed by atoms with Crippen LogP contribution in [0.2, 0.25) is 0 Å². The molecular formula is C32H52BrN. The van der Waals surface area contributed by atoms with Gasteiger partial charge in [0.1, 0.15) is 0 Å². The topological polar surface area (TPSA) is 3.24 Å². The number of halogens is 1. The van der Waals surface area contributed by atoms with Gasteiger partial charge in [0.25, 0.3) is 0 Å². The lowest BCUT2D eigenvalue weighted by Gasteiger charge is -2.41. The minimum absolute atomic E-state index is 0. The lowest BCUT2D eigenvalue weighted by atomic mass is 9.79. The van der Waals surface area contributed by atoms with Gasteiger partial charge in [0.15, 0.2) is 0 Å². The first kappa shape index (κ1) is 30.9. The van der Waals surface area contributed by atoms with Crippen molar-refractivity contribution in [2.45, 2.75) is 115 Å². The molecule has 0 atom stereocenters. The SMILES string of the molecule is Br.CCCCCCCCCCCCCCCC(Cc1ccccc1)(Cc1ccccc1)N(C)C. The summed E-state index contributed by atoms with van der Waals surface area (Å²) in [5.74, 6) is 0. The van der Waals surface area contributed by atoms with E-state index in [-0.39, 0.29) is 22.5 Å². The molecule has 2 heteroatoms. The summed E-state index contributed by atoms with van der Waals surface area (Å²) >= 11 is 0. The maximum absolute atomic E-state index is 2.51. The van der Waals surface area contributed by atoms with E-state index in [1.165, 1.54) is 101 Å². The summed E-state index contributed by atoms with van der Waals surface area (Å²) in [5.41, 5.74) is 3.09. The van der Waals surface area contributed by atoms with Crippen molar-refractivity contribution in [1.82, 2.24) is 4.90 Å². The molecule has 0 radical (unpaired) electrons. The van der Waals surface area contributed by atoms with E-state index in [4.69, 9.17) is 0 Å². The van der Waals surface area contributed by atoms with Crippen molar-refractivity contribution in [2.24, 2.45) is 0 Å². The predicted octanol–water partition coefficient (Wildman–Crippen LogP) is 9.83. The van der Waals surface area contributed by atoms with E-state index in [0.717, 1.165) is 12.8 Å². The van der Waals surface area contributed by atoms with Crippen molar-refractivity contribution in [3.8, 4) is 0 Å². The Labute approximate surface area is 222 Å². The van der Waals surface area contributed by atoms with Gasteiger partial charge in [-0.3, -0.25) is 0 Å². The average molecular weight is 531 g/mol. The molecule has 2 aromatic carbocycles. The fourth-order valence-electron chi connectivity index (χ4n) is 5.20. The summed E-state index contributed by atoms with van der Waals surface area (Å²) in [6.45, 7) is 2.30. The van der Waals surface area contributed by atoms with Crippen LogP contribution in [0.5, 0.6) is 0 Å². The van der Waals surface area contributed by atoms with Crippen molar-refractivity contribution in [2.75, 3.05) is 14.1 Å². The molecule has 0 N–H and O–H groups in total. The quantitative estimate of drug-likeness (QED) is 0.163. The Morgan fingerprint density at radius 3 is 1.24 bits per heavy atom. The number of benzene rings is 2. The minimum atomic E-state index is 0. The van der Waals surface area contributed by atoms with Gasteiger partial charge in [-0.15, -0.1) is 17.0 Å². The first-order valence-corrected chi connectivity index (χ1v) is 13.9. The molecule has 0 fully saturated rings. The molecule has 0 bridgehead atoms. The highest BCUT2D eigenvalue weighted by atomic mass is 79.9. The molecule has 0 spiro atoms. The summed E-state index contributed by atoms with van der Waals surface area (Å²) < 4.78 is 0. The summed E-state index contributed by atoms with van der Waals surface area (Å²) in [5, 5.41) is 0. The molecular weight excluding hydrogens is 478 g/mol. The molecule has 0 aliphatic carbocycles. The van der Waals surface area contributed by atoms with E-state index in [2.05, 4.69) is 86.6 Å². The molecule has 0 amide bonds. The van der Waals surface area contributed by atoms with Gasteiger partial charge in [-0.25, -0.2) is 0 Å². The number of hydrogen-bond acceptors (Lipinski definition) is 1. The van der Waals surface area contributed by atoms with E-state index in [9.17, 15) is 0 Å². The molecule has 0 aromatic heterocycles. The number of unbranched alkanes of at least 4 members (excludes halogenated alkanes) is 12. The van der Waals surface area contributed by atoms with Gasteiger partial charge in [-0.1, -0.05) is 151 Å².